The van der Waals surface area contributed by atoms with Gasteiger partial charge in [-0.15, -0.1) is 0 Å². The largest absolute Gasteiger partial charge is 0.493 e. The van der Waals surface area contributed by atoms with E-state index in [0.29, 0.717) is 17.0 Å². The van der Waals surface area contributed by atoms with Crippen molar-refractivity contribution in [3.05, 3.63) is 69.1 Å². The van der Waals surface area contributed by atoms with E-state index in [1.54, 1.807) is 37.4 Å². The number of rotatable bonds is 4. The second-order valence-electron chi connectivity index (χ2n) is 7.22. The second-order valence-corrected chi connectivity index (χ2v) is 7.22. The molecule has 0 saturated heterocycles. The van der Waals surface area contributed by atoms with Crippen molar-refractivity contribution in [1.82, 2.24) is 9.13 Å². The quantitative estimate of drug-likeness (QED) is 0.681. The lowest BCUT2D eigenvalue weighted by atomic mass is 10.1. The Balaban J connectivity index is 2.28. The fourth-order valence-electron chi connectivity index (χ4n) is 3.59. The lowest BCUT2D eigenvalue weighted by Gasteiger charge is -2.14. The molecule has 0 unspecified atom stereocenters. The average Bonchev–Trinajstić information content (AvgIpc) is 2.69. The van der Waals surface area contributed by atoms with Gasteiger partial charge in [-0.2, -0.15) is 0 Å². The molecule has 1 heterocycles. The van der Waals surface area contributed by atoms with Gasteiger partial charge in [0.05, 0.1) is 25.6 Å². The van der Waals surface area contributed by atoms with Crippen LogP contribution in [0.2, 0.25) is 0 Å². The monoisotopic (exact) mass is 393 g/mol. The Bertz CT molecular complexity index is 1180. The van der Waals surface area contributed by atoms with Gasteiger partial charge in [-0.05, 0) is 50.1 Å². The van der Waals surface area contributed by atoms with Gasteiger partial charge >= 0.3 is 5.69 Å². The third-order valence-corrected chi connectivity index (χ3v) is 5.09. The van der Waals surface area contributed by atoms with E-state index in [0.717, 1.165) is 28.1 Å². The topological polar surface area (TPSA) is 57.8 Å². The predicted octanol–water partition coefficient (Wildman–Crippen LogP) is 3.57. The minimum absolute atomic E-state index is 0.154. The van der Waals surface area contributed by atoms with Gasteiger partial charge in [0, 0.05) is 25.7 Å². The van der Waals surface area contributed by atoms with Gasteiger partial charge in [0.2, 0.25) is 0 Å². The lowest BCUT2D eigenvalue weighted by molar-refractivity contribution is 0.355. The first-order valence-electron chi connectivity index (χ1n) is 9.39. The number of ether oxygens (including phenoxy) is 2. The Morgan fingerprint density at radius 1 is 0.828 bits per heavy atom. The fraction of sp³-hybridized carbons (Fsp3) is 0.304. The van der Waals surface area contributed by atoms with E-state index in [1.165, 1.54) is 5.56 Å². The molecule has 0 spiro atoms. The van der Waals surface area contributed by atoms with Crippen LogP contribution in [0.15, 0.2) is 46.2 Å². The molecule has 2 aromatic carbocycles. The Morgan fingerprint density at radius 3 is 2.03 bits per heavy atom. The number of aromatic nitrogens is 2. The SMILES string of the molecule is COc1ccc(-c2c/c(=N/c3c(C)cc(C)cc3C)n(C)c(=O)n2C)cc1OC. The molecule has 0 bridgehead atoms. The molecule has 0 amide bonds. The summed E-state index contributed by atoms with van der Waals surface area (Å²) in [6.07, 6.45) is 0. The van der Waals surface area contributed by atoms with Gasteiger partial charge in [-0.3, -0.25) is 9.13 Å². The highest BCUT2D eigenvalue weighted by molar-refractivity contribution is 5.64. The Morgan fingerprint density at radius 2 is 1.45 bits per heavy atom. The number of benzene rings is 2. The molecule has 0 aliphatic heterocycles. The molecule has 0 saturated carbocycles. The summed E-state index contributed by atoms with van der Waals surface area (Å²) in [6, 6.07) is 11.7. The van der Waals surface area contributed by atoms with Crippen LogP contribution in [0, 0.1) is 20.8 Å². The fourth-order valence-corrected chi connectivity index (χ4v) is 3.59. The maximum atomic E-state index is 12.9. The summed E-state index contributed by atoms with van der Waals surface area (Å²) in [6.45, 7) is 6.14. The molecule has 3 aromatic rings. The summed E-state index contributed by atoms with van der Waals surface area (Å²) in [5.74, 6) is 1.24. The van der Waals surface area contributed by atoms with Crippen molar-refractivity contribution in [2.75, 3.05) is 14.2 Å². The van der Waals surface area contributed by atoms with Crippen molar-refractivity contribution in [2.45, 2.75) is 20.8 Å². The summed E-state index contributed by atoms with van der Waals surface area (Å²) < 4.78 is 13.9. The smallest absolute Gasteiger partial charge is 0.329 e. The van der Waals surface area contributed by atoms with Gasteiger partial charge < -0.3 is 9.47 Å². The molecular formula is C23H27N3O3. The highest BCUT2D eigenvalue weighted by atomic mass is 16.5. The zero-order chi connectivity index (χ0) is 21.3. The van der Waals surface area contributed by atoms with Crippen molar-refractivity contribution in [2.24, 2.45) is 19.1 Å². The first kappa shape index (κ1) is 20.5. The lowest BCUT2D eigenvalue weighted by Crippen LogP contribution is -2.37. The molecule has 6 heteroatoms. The van der Waals surface area contributed by atoms with Crippen LogP contribution in [0.1, 0.15) is 16.7 Å². The van der Waals surface area contributed by atoms with Gasteiger partial charge in [-0.25, -0.2) is 9.79 Å². The van der Waals surface area contributed by atoms with Crippen molar-refractivity contribution in [3.8, 4) is 22.8 Å². The second kappa shape index (κ2) is 7.99. The van der Waals surface area contributed by atoms with Gasteiger partial charge in [0.25, 0.3) is 0 Å². The third kappa shape index (κ3) is 3.83. The van der Waals surface area contributed by atoms with Gasteiger partial charge in [0.1, 0.15) is 5.49 Å². The van der Waals surface area contributed by atoms with E-state index in [-0.39, 0.29) is 5.69 Å². The van der Waals surface area contributed by atoms with Crippen LogP contribution in [0.25, 0.3) is 11.3 Å². The maximum Gasteiger partial charge on any atom is 0.329 e. The maximum absolute atomic E-state index is 12.9. The van der Waals surface area contributed by atoms with E-state index >= 15 is 0 Å². The first-order valence-corrected chi connectivity index (χ1v) is 9.39. The van der Waals surface area contributed by atoms with Crippen LogP contribution in [0.4, 0.5) is 5.69 Å². The summed E-state index contributed by atoms with van der Waals surface area (Å²) in [7, 11) is 6.67. The van der Waals surface area contributed by atoms with Crippen LogP contribution >= 0.6 is 0 Å². The van der Waals surface area contributed by atoms with Crippen molar-refractivity contribution in [3.63, 3.8) is 0 Å². The van der Waals surface area contributed by atoms with E-state index < -0.39 is 0 Å². The number of hydrogen-bond donors (Lipinski definition) is 0. The highest BCUT2D eigenvalue weighted by Crippen LogP contribution is 2.31. The Hall–Kier alpha value is -3.28. The molecule has 0 aliphatic rings. The van der Waals surface area contributed by atoms with Crippen molar-refractivity contribution < 1.29 is 9.47 Å². The van der Waals surface area contributed by atoms with Gasteiger partial charge in [0.15, 0.2) is 11.5 Å². The summed E-state index contributed by atoms with van der Waals surface area (Å²) >= 11 is 0. The van der Waals surface area contributed by atoms with E-state index in [2.05, 4.69) is 19.1 Å². The van der Waals surface area contributed by atoms with Crippen LogP contribution in [0.5, 0.6) is 11.5 Å². The molecule has 0 atom stereocenters. The van der Waals surface area contributed by atoms with Crippen LogP contribution in [0.3, 0.4) is 0 Å². The molecule has 0 aliphatic carbocycles. The molecule has 0 fully saturated rings. The van der Waals surface area contributed by atoms with E-state index in [1.807, 2.05) is 38.1 Å². The normalized spacial score (nSPS) is 11.6. The number of nitrogens with zero attached hydrogens (tertiary/aromatic N) is 3. The van der Waals surface area contributed by atoms with E-state index in [9.17, 15) is 4.79 Å². The predicted molar refractivity (Wildman–Crippen MR) is 115 cm³/mol. The zero-order valence-electron chi connectivity index (χ0n) is 18.0. The zero-order valence-corrected chi connectivity index (χ0v) is 18.0. The number of methoxy groups -OCH3 is 2. The summed E-state index contributed by atoms with van der Waals surface area (Å²) in [5.41, 5.74) is 6.26. The van der Waals surface area contributed by atoms with E-state index in [4.69, 9.17) is 14.5 Å². The molecule has 0 radical (unpaired) electrons. The minimum Gasteiger partial charge on any atom is -0.493 e. The molecule has 6 nitrogen and oxygen atoms in total. The number of aryl methyl sites for hydroxylation is 3. The van der Waals surface area contributed by atoms with Crippen LogP contribution < -0.4 is 20.7 Å². The number of hydrogen-bond acceptors (Lipinski definition) is 4. The summed E-state index contributed by atoms with van der Waals surface area (Å²) in [4.78, 5) is 17.7. The standard InChI is InChI=1S/C23H27N3O3/c1-14-10-15(2)22(16(3)11-14)24-21-13-18(25(4)23(27)26(21)5)17-8-9-19(28-6)20(12-17)29-7/h8-13H,1-7H3/b24-21-. The highest BCUT2D eigenvalue weighted by Gasteiger charge is 2.12. The Kier molecular flexibility index (Phi) is 5.64. The Labute approximate surface area is 170 Å². The van der Waals surface area contributed by atoms with Crippen molar-refractivity contribution in [1.29, 1.82) is 0 Å². The third-order valence-electron chi connectivity index (χ3n) is 5.09. The summed E-state index contributed by atoms with van der Waals surface area (Å²) in [5, 5.41) is 0. The average molecular weight is 393 g/mol. The molecule has 152 valence electrons. The molecular weight excluding hydrogens is 366 g/mol. The van der Waals surface area contributed by atoms with Crippen LogP contribution in [-0.4, -0.2) is 23.4 Å². The molecule has 3 rings (SSSR count). The van der Waals surface area contributed by atoms with Crippen LogP contribution in [-0.2, 0) is 14.1 Å². The molecule has 1 aromatic heterocycles. The molecule has 29 heavy (non-hydrogen) atoms. The minimum atomic E-state index is -0.154. The molecule has 0 N–H and O–H groups in total. The van der Waals surface area contributed by atoms with Gasteiger partial charge in [-0.1, -0.05) is 17.7 Å². The van der Waals surface area contributed by atoms with Crippen molar-refractivity contribution >= 4 is 5.69 Å². The first-order chi connectivity index (χ1) is 13.8.